The van der Waals surface area contributed by atoms with Gasteiger partial charge in [0, 0.05) is 4.88 Å². The molecule has 15 heavy (non-hydrogen) atoms. The van der Waals surface area contributed by atoms with Gasteiger partial charge in [0.25, 0.3) is 0 Å². The molecule has 2 saturated carbocycles. The van der Waals surface area contributed by atoms with Gasteiger partial charge in [-0.15, -0.1) is 11.3 Å². The fourth-order valence-corrected chi connectivity index (χ4v) is 4.66. The maximum atomic E-state index is 10.3. The normalized spacial score (nSPS) is 36.0. The summed E-state index contributed by atoms with van der Waals surface area (Å²) in [6.45, 7) is 0. The molecule has 1 aromatic rings. The van der Waals surface area contributed by atoms with Crippen molar-refractivity contribution in [2.45, 2.75) is 31.8 Å². The molecule has 0 aliphatic heterocycles. The van der Waals surface area contributed by atoms with Crippen LogP contribution in [0, 0.1) is 17.8 Å². The van der Waals surface area contributed by atoms with E-state index in [1.54, 1.807) is 11.3 Å². The Morgan fingerprint density at radius 2 is 1.93 bits per heavy atom. The van der Waals surface area contributed by atoms with Crippen LogP contribution in [0.1, 0.15) is 36.7 Å². The topological polar surface area (TPSA) is 20.2 Å². The molecular weight excluding hydrogens is 272 g/mol. The summed E-state index contributed by atoms with van der Waals surface area (Å²) in [4.78, 5) is 1.14. The average molecular weight is 287 g/mol. The Balaban J connectivity index is 1.73. The second-order valence-electron chi connectivity index (χ2n) is 4.78. The molecule has 0 bridgehead atoms. The molecule has 1 nitrogen and oxygen atoms in total. The van der Waals surface area contributed by atoms with E-state index in [1.807, 2.05) is 6.07 Å². The molecule has 1 aromatic heterocycles. The first-order valence-corrected chi connectivity index (χ1v) is 7.31. The maximum Gasteiger partial charge on any atom is 0.0915 e. The van der Waals surface area contributed by atoms with Gasteiger partial charge < -0.3 is 5.11 Å². The predicted octanol–water partition coefficient (Wildman–Crippen LogP) is 3.98. The third kappa shape index (κ3) is 1.79. The number of halogens is 1. The van der Waals surface area contributed by atoms with Gasteiger partial charge in [0.05, 0.1) is 9.89 Å². The van der Waals surface area contributed by atoms with Crippen molar-refractivity contribution in [3.05, 3.63) is 20.8 Å². The maximum absolute atomic E-state index is 10.3. The Labute approximate surface area is 103 Å². The van der Waals surface area contributed by atoms with E-state index in [9.17, 15) is 5.11 Å². The molecule has 1 N–H and O–H groups in total. The predicted molar refractivity (Wildman–Crippen MR) is 65.9 cm³/mol. The number of aliphatic hydroxyl groups excluding tert-OH is 1. The van der Waals surface area contributed by atoms with Crippen LogP contribution >= 0.6 is 27.3 Å². The van der Waals surface area contributed by atoms with Crippen molar-refractivity contribution in [2.75, 3.05) is 0 Å². The number of hydrogen-bond donors (Lipinski definition) is 1. The highest BCUT2D eigenvalue weighted by atomic mass is 79.9. The van der Waals surface area contributed by atoms with Crippen molar-refractivity contribution in [1.29, 1.82) is 0 Å². The fourth-order valence-electron chi connectivity index (χ4n) is 3.19. The molecule has 0 radical (unpaired) electrons. The van der Waals surface area contributed by atoms with E-state index in [4.69, 9.17) is 0 Å². The summed E-state index contributed by atoms with van der Waals surface area (Å²) in [5, 5.41) is 10.3. The van der Waals surface area contributed by atoms with Gasteiger partial charge in [0.2, 0.25) is 0 Å². The van der Waals surface area contributed by atoms with E-state index in [0.717, 1.165) is 20.5 Å². The van der Waals surface area contributed by atoms with Crippen LogP contribution in [0.15, 0.2) is 15.9 Å². The summed E-state index contributed by atoms with van der Waals surface area (Å²) in [5.41, 5.74) is 0. The molecule has 0 aromatic carbocycles. The van der Waals surface area contributed by atoms with E-state index in [-0.39, 0.29) is 6.10 Å². The van der Waals surface area contributed by atoms with Crippen LogP contribution in [0.4, 0.5) is 0 Å². The summed E-state index contributed by atoms with van der Waals surface area (Å²) in [5.74, 6) is 2.22. The lowest BCUT2D eigenvalue weighted by molar-refractivity contribution is 0.146. The smallest absolute Gasteiger partial charge is 0.0915 e. The third-order valence-electron chi connectivity index (χ3n) is 3.97. The summed E-state index contributed by atoms with van der Waals surface area (Å²) in [6, 6.07) is 4.10. The van der Waals surface area contributed by atoms with E-state index >= 15 is 0 Å². The Hall–Kier alpha value is 0.140. The molecule has 3 rings (SSSR count). The molecule has 0 spiro atoms. The van der Waals surface area contributed by atoms with Crippen LogP contribution < -0.4 is 0 Å². The minimum atomic E-state index is -0.200. The minimum Gasteiger partial charge on any atom is -0.387 e. The van der Waals surface area contributed by atoms with Gasteiger partial charge in [-0.25, -0.2) is 0 Å². The van der Waals surface area contributed by atoms with Gasteiger partial charge in [-0.3, -0.25) is 0 Å². The molecule has 0 amide bonds. The van der Waals surface area contributed by atoms with Crippen molar-refractivity contribution in [3.63, 3.8) is 0 Å². The van der Waals surface area contributed by atoms with Crippen molar-refractivity contribution >= 4 is 27.3 Å². The molecule has 2 fully saturated rings. The van der Waals surface area contributed by atoms with Gasteiger partial charge in [0.1, 0.15) is 0 Å². The Bertz CT molecular complexity index is 350. The summed E-state index contributed by atoms with van der Waals surface area (Å²) >= 11 is 5.13. The lowest BCUT2D eigenvalue weighted by Gasteiger charge is -2.06. The second-order valence-corrected chi connectivity index (χ2v) is 7.27. The average Bonchev–Trinajstić information content (AvgIpc) is 2.82. The first-order chi connectivity index (χ1) is 7.27. The lowest BCUT2D eigenvalue weighted by atomic mass is 10.0. The molecule has 3 heteroatoms. The number of rotatable bonds is 2. The molecule has 3 unspecified atom stereocenters. The van der Waals surface area contributed by atoms with Crippen LogP contribution in [0.25, 0.3) is 0 Å². The fraction of sp³-hybridized carbons (Fsp3) is 0.667. The standard InChI is InChI=1S/C12H15BrOS/c13-10-6-5-9(15-10)12(14)11-7-3-1-2-4-8(7)11/h5-8,11-12,14H,1-4H2. The SMILES string of the molecule is OC(c1ccc(Br)s1)C1C2CCCCC21. The largest absolute Gasteiger partial charge is 0.387 e. The number of hydrogen-bond acceptors (Lipinski definition) is 2. The Morgan fingerprint density at radius 1 is 1.27 bits per heavy atom. The number of thiophene rings is 1. The van der Waals surface area contributed by atoms with E-state index in [1.165, 1.54) is 25.7 Å². The van der Waals surface area contributed by atoms with Gasteiger partial charge in [-0.05, 0) is 58.7 Å². The third-order valence-corrected chi connectivity index (χ3v) is 5.67. The van der Waals surface area contributed by atoms with Crippen LogP contribution in [-0.2, 0) is 0 Å². The lowest BCUT2D eigenvalue weighted by Crippen LogP contribution is -1.99. The van der Waals surface area contributed by atoms with Gasteiger partial charge in [-0.1, -0.05) is 12.8 Å². The van der Waals surface area contributed by atoms with E-state index in [2.05, 4.69) is 22.0 Å². The zero-order valence-electron chi connectivity index (χ0n) is 8.53. The van der Waals surface area contributed by atoms with E-state index in [0.29, 0.717) is 5.92 Å². The zero-order chi connectivity index (χ0) is 10.4. The minimum absolute atomic E-state index is 0.200. The first-order valence-electron chi connectivity index (χ1n) is 5.70. The van der Waals surface area contributed by atoms with Gasteiger partial charge in [0.15, 0.2) is 0 Å². The van der Waals surface area contributed by atoms with Crippen molar-refractivity contribution in [2.24, 2.45) is 17.8 Å². The van der Waals surface area contributed by atoms with E-state index < -0.39 is 0 Å². The molecular formula is C12H15BrOS. The Morgan fingerprint density at radius 3 is 2.47 bits per heavy atom. The zero-order valence-corrected chi connectivity index (χ0v) is 10.9. The first kappa shape index (κ1) is 10.3. The summed E-state index contributed by atoms with van der Waals surface area (Å²) < 4.78 is 1.13. The monoisotopic (exact) mass is 286 g/mol. The van der Waals surface area contributed by atoms with Gasteiger partial charge in [-0.2, -0.15) is 0 Å². The summed E-state index contributed by atoms with van der Waals surface area (Å²) in [6.07, 6.45) is 5.24. The van der Waals surface area contributed by atoms with Crippen molar-refractivity contribution < 1.29 is 5.11 Å². The molecule has 1 heterocycles. The molecule has 0 saturated heterocycles. The van der Waals surface area contributed by atoms with Crippen molar-refractivity contribution in [1.82, 2.24) is 0 Å². The second kappa shape index (κ2) is 3.86. The Kier molecular flexibility index (Phi) is 2.65. The number of aliphatic hydroxyl groups is 1. The van der Waals surface area contributed by atoms with Crippen molar-refractivity contribution in [3.8, 4) is 0 Å². The highest BCUT2D eigenvalue weighted by Crippen LogP contribution is 2.60. The molecule has 2 aliphatic carbocycles. The molecule has 2 aliphatic rings. The van der Waals surface area contributed by atoms with Crippen LogP contribution in [0.2, 0.25) is 0 Å². The highest BCUT2D eigenvalue weighted by Gasteiger charge is 2.54. The molecule has 82 valence electrons. The van der Waals surface area contributed by atoms with Crippen LogP contribution in [0.3, 0.4) is 0 Å². The quantitative estimate of drug-likeness (QED) is 0.872. The van der Waals surface area contributed by atoms with Crippen LogP contribution in [-0.4, -0.2) is 5.11 Å². The highest BCUT2D eigenvalue weighted by molar-refractivity contribution is 9.11. The summed E-state index contributed by atoms with van der Waals surface area (Å²) in [7, 11) is 0. The number of fused-ring (bicyclic) bond motifs is 1. The van der Waals surface area contributed by atoms with Gasteiger partial charge >= 0.3 is 0 Å². The van der Waals surface area contributed by atoms with Crippen LogP contribution in [0.5, 0.6) is 0 Å². The molecule has 3 atom stereocenters.